The fourth-order valence-electron chi connectivity index (χ4n) is 8.04. The zero-order valence-corrected chi connectivity index (χ0v) is 26.6. The van der Waals surface area contributed by atoms with E-state index in [-0.39, 0.29) is 30.9 Å². The van der Waals surface area contributed by atoms with E-state index in [1.807, 2.05) is 67.6 Å². The van der Waals surface area contributed by atoms with Crippen molar-refractivity contribution in [1.82, 2.24) is 9.80 Å². The number of carbonyl (C=O) groups excluding carboxylic acids is 3. The van der Waals surface area contributed by atoms with Gasteiger partial charge in [0.25, 0.3) is 0 Å². The Balaban J connectivity index is 1.63. The number of hydrogen-bond donors (Lipinski definition) is 1. The van der Waals surface area contributed by atoms with Gasteiger partial charge < -0.3 is 24.5 Å². The van der Waals surface area contributed by atoms with E-state index in [2.05, 4.69) is 20.1 Å². The average Bonchev–Trinajstić information content (AvgIpc) is 3.68. The third kappa shape index (κ3) is 5.63. The second-order valence-electron chi connectivity index (χ2n) is 12.6. The smallest absolute Gasteiger partial charge is 0.248 e. The van der Waals surface area contributed by atoms with E-state index < -0.39 is 35.1 Å². The molecule has 2 aromatic carbocycles. The Hall–Kier alpha value is -3.75. The van der Waals surface area contributed by atoms with Crippen molar-refractivity contribution in [1.29, 1.82) is 0 Å². The van der Waals surface area contributed by atoms with Crippen LogP contribution in [0.3, 0.4) is 0 Å². The monoisotopic (exact) mass is 613 g/mol. The quantitative estimate of drug-likeness (QED) is 0.292. The molecule has 2 unspecified atom stereocenters. The van der Waals surface area contributed by atoms with E-state index in [0.29, 0.717) is 38.8 Å². The standard InChI is InChI=1S/C37H47N3O5/c1-5-9-24-38(22-6-2)35(44)32-37-21-20-36(8-4,45-37)30(33(42)39(23-7-3)28-18-14-11-15-19-28)31(37)34(43)40(32)29(26-41)25-27-16-12-10-13-17-27/h6-7,10-19,29-32,41H,2-3,5,8-9,20-26H2,1,4H3/t29-,30+,31+,32?,36-,37?/m1/s1. The van der Waals surface area contributed by atoms with E-state index in [0.717, 1.165) is 24.1 Å². The fraction of sp³-hybridized carbons (Fsp3) is 0.486. The largest absolute Gasteiger partial charge is 0.394 e. The molecule has 2 bridgehead atoms. The highest BCUT2D eigenvalue weighted by molar-refractivity contribution is 6.03. The van der Waals surface area contributed by atoms with Crippen LogP contribution in [0.4, 0.5) is 5.69 Å². The highest BCUT2D eigenvalue weighted by Gasteiger charge is 2.79. The first kappa shape index (κ1) is 32.6. The second-order valence-corrected chi connectivity index (χ2v) is 12.6. The van der Waals surface area contributed by atoms with Crippen LogP contribution in [0.5, 0.6) is 0 Å². The lowest BCUT2D eigenvalue weighted by Gasteiger charge is -2.39. The van der Waals surface area contributed by atoms with Crippen molar-refractivity contribution in [3.8, 4) is 0 Å². The topological polar surface area (TPSA) is 90.4 Å². The molecule has 1 N–H and O–H groups in total. The van der Waals surface area contributed by atoms with Gasteiger partial charge in [0, 0.05) is 25.3 Å². The molecule has 3 aliphatic rings. The summed E-state index contributed by atoms with van der Waals surface area (Å²) in [5, 5.41) is 10.8. The van der Waals surface area contributed by atoms with Gasteiger partial charge in [0.1, 0.15) is 11.6 Å². The number of ether oxygens (including phenoxy) is 1. The predicted octanol–water partition coefficient (Wildman–Crippen LogP) is 4.78. The number of aliphatic hydroxyl groups is 1. The van der Waals surface area contributed by atoms with Crippen molar-refractivity contribution in [3.05, 3.63) is 91.5 Å². The summed E-state index contributed by atoms with van der Waals surface area (Å²) in [6.45, 7) is 12.7. The summed E-state index contributed by atoms with van der Waals surface area (Å²) in [4.78, 5) is 49.4. The molecule has 3 fully saturated rings. The number of nitrogens with zero attached hydrogens (tertiary/aromatic N) is 3. The number of para-hydroxylation sites is 1. The van der Waals surface area contributed by atoms with E-state index in [9.17, 15) is 19.5 Å². The molecule has 0 aliphatic carbocycles. The van der Waals surface area contributed by atoms with Gasteiger partial charge in [0.2, 0.25) is 17.7 Å². The van der Waals surface area contributed by atoms with E-state index in [4.69, 9.17) is 4.74 Å². The highest BCUT2D eigenvalue weighted by Crippen LogP contribution is 2.65. The highest BCUT2D eigenvalue weighted by atomic mass is 16.5. The number of amides is 3. The van der Waals surface area contributed by atoms with Gasteiger partial charge in [-0.3, -0.25) is 14.4 Å². The van der Waals surface area contributed by atoms with Crippen molar-refractivity contribution in [3.63, 3.8) is 0 Å². The Morgan fingerprint density at radius 3 is 2.29 bits per heavy atom. The summed E-state index contributed by atoms with van der Waals surface area (Å²) < 4.78 is 7.04. The molecule has 0 saturated carbocycles. The molecule has 0 aromatic heterocycles. The van der Waals surface area contributed by atoms with Crippen LogP contribution in [0.2, 0.25) is 0 Å². The van der Waals surface area contributed by atoms with E-state index >= 15 is 0 Å². The van der Waals surface area contributed by atoms with Crippen molar-refractivity contribution in [2.24, 2.45) is 11.8 Å². The van der Waals surface area contributed by atoms with E-state index in [1.165, 1.54) is 0 Å². The summed E-state index contributed by atoms with van der Waals surface area (Å²) in [5.74, 6) is -2.35. The summed E-state index contributed by atoms with van der Waals surface area (Å²) >= 11 is 0. The van der Waals surface area contributed by atoms with Gasteiger partial charge in [-0.2, -0.15) is 0 Å². The third-order valence-corrected chi connectivity index (χ3v) is 10.1. The summed E-state index contributed by atoms with van der Waals surface area (Å²) in [5.41, 5.74) is -0.397. The lowest BCUT2D eigenvalue weighted by atomic mass is 9.64. The lowest BCUT2D eigenvalue weighted by Crippen LogP contribution is -2.59. The van der Waals surface area contributed by atoms with Gasteiger partial charge in [0.05, 0.1) is 30.1 Å². The van der Waals surface area contributed by atoms with Gasteiger partial charge in [0.15, 0.2) is 0 Å². The van der Waals surface area contributed by atoms with Crippen molar-refractivity contribution in [2.45, 2.75) is 75.7 Å². The number of carbonyl (C=O) groups is 3. The number of likely N-dealkylation sites (tertiary alicyclic amines) is 1. The molecular formula is C37H47N3O5. The minimum Gasteiger partial charge on any atom is -0.394 e. The molecule has 5 rings (SSSR count). The first-order chi connectivity index (χ1) is 21.8. The van der Waals surface area contributed by atoms with Crippen LogP contribution < -0.4 is 4.90 Å². The van der Waals surface area contributed by atoms with Crippen LogP contribution in [-0.4, -0.2) is 82.2 Å². The number of unbranched alkanes of at least 4 members (excludes halogenated alkanes) is 1. The minimum atomic E-state index is -1.18. The molecule has 3 amide bonds. The van der Waals surface area contributed by atoms with Gasteiger partial charge in [-0.15, -0.1) is 13.2 Å². The number of hydrogen-bond acceptors (Lipinski definition) is 5. The number of fused-ring (bicyclic) bond motifs is 1. The molecule has 1 spiro atoms. The molecule has 8 nitrogen and oxygen atoms in total. The summed E-state index contributed by atoms with van der Waals surface area (Å²) in [6.07, 6.45) is 7.06. The SMILES string of the molecule is C=CCN(CCCC)C(=O)C1N([C@@H](CO)Cc2ccccc2)C(=O)[C@@H]2[C@@H](C(=O)N(CC=C)c3ccccc3)[C@@]3(CC)CCC12O3. The maximum absolute atomic E-state index is 14.9. The Morgan fingerprint density at radius 2 is 1.69 bits per heavy atom. The van der Waals surface area contributed by atoms with Gasteiger partial charge in [-0.25, -0.2) is 0 Å². The number of benzene rings is 2. The van der Waals surface area contributed by atoms with Crippen molar-refractivity contribution in [2.75, 3.05) is 31.1 Å². The predicted molar refractivity (Wildman–Crippen MR) is 175 cm³/mol. The molecule has 45 heavy (non-hydrogen) atoms. The second kappa shape index (κ2) is 13.7. The molecule has 2 aromatic rings. The molecule has 3 saturated heterocycles. The first-order valence-corrected chi connectivity index (χ1v) is 16.4. The molecule has 8 heteroatoms. The van der Waals surface area contributed by atoms with Crippen LogP contribution in [0.25, 0.3) is 0 Å². The normalized spacial score (nSPS) is 27.2. The minimum absolute atomic E-state index is 0.200. The van der Waals surface area contributed by atoms with Crippen LogP contribution in [0.1, 0.15) is 51.5 Å². The summed E-state index contributed by atoms with van der Waals surface area (Å²) in [7, 11) is 0. The molecule has 240 valence electrons. The van der Waals surface area contributed by atoms with Gasteiger partial charge >= 0.3 is 0 Å². The fourth-order valence-corrected chi connectivity index (χ4v) is 8.04. The molecule has 3 heterocycles. The van der Waals surface area contributed by atoms with Gasteiger partial charge in [-0.05, 0) is 49.8 Å². The van der Waals surface area contributed by atoms with Crippen molar-refractivity contribution >= 4 is 23.4 Å². The zero-order valence-electron chi connectivity index (χ0n) is 26.6. The number of anilines is 1. The molecule has 0 radical (unpaired) electrons. The molecule has 6 atom stereocenters. The maximum atomic E-state index is 14.9. The Morgan fingerprint density at radius 1 is 1.02 bits per heavy atom. The van der Waals surface area contributed by atoms with E-state index in [1.54, 1.807) is 26.9 Å². The van der Waals surface area contributed by atoms with Crippen molar-refractivity contribution < 1.29 is 24.2 Å². The van der Waals surface area contributed by atoms with Crippen LogP contribution in [0, 0.1) is 11.8 Å². The van der Waals surface area contributed by atoms with Crippen LogP contribution in [-0.2, 0) is 25.5 Å². The Labute approximate surface area is 267 Å². The van der Waals surface area contributed by atoms with Crippen LogP contribution in [0.15, 0.2) is 86.0 Å². The third-order valence-electron chi connectivity index (χ3n) is 10.1. The average molecular weight is 614 g/mol. The zero-order chi connectivity index (χ0) is 32.2. The van der Waals surface area contributed by atoms with Gasteiger partial charge in [-0.1, -0.05) is 81.0 Å². The lowest BCUT2D eigenvalue weighted by molar-refractivity contribution is -0.155. The first-order valence-electron chi connectivity index (χ1n) is 16.4. The molecular weight excluding hydrogens is 566 g/mol. The Kier molecular flexibility index (Phi) is 9.94. The maximum Gasteiger partial charge on any atom is 0.248 e. The number of aliphatic hydroxyl groups excluding tert-OH is 1. The van der Waals surface area contributed by atoms with Crippen LogP contribution >= 0.6 is 0 Å². The Bertz CT molecular complexity index is 1380. The number of rotatable bonds is 15. The molecule has 3 aliphatic heterocycles. The summed E-state index contributed by atoms with van der Waals surface area (Å²) in [6, 6.07) is 17.4.